The summed E-state index contributed by atoms with van der Waals surface area (Å²) in [7, 11) is 1.40. The van der Waals surface area contributed by atoms with E-state index in [0.29, 0.717) is 5.56 Å². The van der Waals surface area contributed by atoms with Crippen molar-refractivity contribution in [1.29, 1.82) is 0 Å². The van der Waals surface area contributed by atoms with Gasteiger partial charge in [-0.25, -0.2) is 10.4 Å². The summed E-state index contributed by atoms with van der Waals surface area (Å²) < 4.78 is 4.97. The summed E-state index contributed by atoms with van der Waals surface area (Å²) in [5.74, 6) is -0.450. The molecule has 0 fully saturated rings. The molecule has 0 aliphatic heterocycles. The highest BCUT2D eigenvalue weighted by molar-refractivity contribution is 6.33. The molecule has 0 atom stereocenters. The molecule has 0 aliphatic rings. The number of methoxy groups -OCH3 is 1. The SMILES string of the molecule is COc1cc(/C=N/NC(=O)c2cccnc2Cl)cc(Cl)c1O. The largest absolute Gasteiger partial charge is 0.503 e. The zero-order valence-corrected chi connectivity index (χ0v) is 12.9. The maximum absolute atomic E-state index is 11.9. The molecule has 2 aromatic rings. The molecular formula is C14H11Cl2N3O3. The van der Waals surface area contributed by atoms with Gasteiger partial charge >= 0.3 is 0 Å². The average Bonchev–Trinajstić information content (AvgIpc) is 2.50. The number of hydrogen-bond acceptors (Lipinski definition) is 5. The summed E-state index contributed by atoms with van der Waals surface area (Å²) in [6, 6.07) is 6.12. The lowest BCUT2D eigenvalue weighted by molar-refractivity contribution is 0.0955. The van der Waals surface area contributed by atoms with Crippen molar-refractivity contribution in [2.45, 2.75) is 0 Å². The number of carbonyl (C=O) groups is 1. The number of ether oxygens (including phenoxy) is 1. The van der Waals surface area contributed by atoms with E-state index in [1.54, 1.807) is 6.07 Å². The van der Waals surface area contributed by atoms with Gasteiger partial charge in [0, 0.05) is 6.20 Å². The Kier molecular flexibility index (Phi) is 5.19. The molecule has 0 bridgehead atoms. The summed E-state index contributed by atoms with van der Waals surface area (Å²) in [6.45, 7) is 0. The zero-order chi connectivity index (χ0) is 16.1. The number of amides is 1. The van der Waals surface area contributed by atoms with E-state index in [1.165, 1.54) is 37.7 Å². The van der Waals surface area contributed by atoms with Crippen LogP contribution in [0.5, 0.6) is 11.5 Å². The fourth-order valence-corrected chi connectivity index (χ4v) is 2.03. The number of nitrogens with one attached hydrogen (secondary N) is 1. The Bertz CT molecular complexity index is 735. The highest BCUT2D eigenvalue weighted by Crippen LogP contribution is 2.34. The van der Waals surface area contributed by atoms with Crippen molar-refractivity contribution in [2.75, 3.05) is 7.11 Å². The Morgan fingerprint density at radius 1 is 1.45 bits per heavy atom. The van der Waals surface area contributed by atoms with Gasteiger partial charge in [-0.05, 0) is 29.8 Å². The number of pyridine rings is 1. The second kappa shape index (κ2) is 7.11. The van der Waals surface area contributed by atoms with Crippen molar-refractivity contribution >= 4 is 35.3 Å². The third kappa shape index (κ3) is 3.66. The molecule has 0 spiro atoms. The first kappa shape index (κ1) is 16.1. The molecular weight excluding hydrogens is 329 g/mol. The molecule has 0 saturated heterocycles. The molecule has 1 aromatic heterocycles. The highest BCUT2D eigenvalue weighted by Gasteiger charge is 2.10. The predicted molar refractivity (Wildman–Crippen MR) is 84.0 cm³/mol. The molecule has 0 saturated carbocycles. The zero-order valence-electron chi connectivity index (χ0n) is 11.4. The molecule has 114 valence electrons. The highest BCUT2D eigenvalue weighted by atomic mass is 35.5. The van der Waals surface area contributed by atoms with Crippen molar-refractivity contribution in [3.05, 3.63) is 51.8 Å². The van der Waals surface area contributed by atoms with Crippen LogP contribution in [0, 0.1) is 0 Å². The number of hydrazone groups is 1. The Labute approximate surface area is 136 Å². The molecule has 6 nitrogen and oxygen atoms in total. The first-order valence-electron chi connectivity index (χ1n) is 6.03. The van der Waals surface area contributed by atoms with Crippen LogP contribution >= 0.6 is 23.2 Å². The quantitative estimate of drug-likeness (QED) is 0.509. The second-order valence-electron chi connectivity index (χ2n) is 4.09. The number of aromatic nitrogens is 1. The number of phenolic OH excluding ortho intramolecular Hbond substituents is 1. The van der Waals surface area contributed by atoms with Gasteiger partial charge in [0.1, 0.15) is 5.15 Å². The summed E-state index contributed by atoms with van der Waals surface area (Å²) in [4.78, 5) is 15.7. The molecule has 0 unspecified atom stereocenters. The van der Waals surface area contributed by atoms with E-state index < -0.39 is 5.91 Å². The normalized spacial score (nSPS) is 10.7. The van der Waals surface area contributed by atoms with Crippen LogP contribution in [0.3, 0.4) is 0 Å². The second-order valence-corrected chi connectivity index (χ2v) is 4.86. The van der Waals surface area contributed by atoms with Gasteiger partial charge in [-0.1, -0.05) is 23.2 Å². The van der Waals surface area contributed by atoms with Crippen LogP contribution in [0.25, 0.3) is 0 Å². The summed E-state index contributed by atoms with van der Waals surface area (Å²) >= 11 is 11.7. The lowest BCUT2D eigenvalue weighted by Gasteiger charge is -2.06. The predicted octanol–water partition coefficient (Wildman–Crippen LogP) is 2.87. The first-order chi connectivity index (χ1) is 10.5. The Hall–Kier alpha value is -2.31. The number of nitrogens with zero attached hydrogens (tertiary/aromatic N) is 2. The van der Waals surface area contributed by atoms with Gasteiger partial charge < -0.3 is 9.84 Å². The minimum atomic E-state index is -0.494. The summed E-state index contributed by atoms with van der Waals surface area (Å²) in [6.07, 6.45) is 2.84. The van der Waals surface area contributed by atoms with Crippen LogP contribution < -0.4 is 10.2 Å². The molecule has 0 aliphatic carbocycles. The maximum Gasteiger partial charge on any atom is 0.274 e. The van der Waals surface area contributed by atoms with Crippen LogP contribution in [-0.2, 0) is 0 Å². The lowest BCUT2D eigenvalue weighted by atomic mass is 10.2. The number of carbonyl (C=O) groups excluding carboxylic acids is 1. The van der Waals surface area contributed by atoms with Crippen molar-refractivity contribution < 1.29 is 14.6 Å². The van der Waals surface area contributed by atoms with Gasteiger partial charge in [0.2, 0.25) is 0 Å². The van der Waals surface area contributed by atoms with Gasteiger partial charge in [-0.3, -0.25) is 4.79 Å². The number of halogens is 2. The van der Waals surface area contributed by atoms with Crippen LogP contribution in [-0.4, -0.2) is 29.3 Å². The number of phenols is 1. The van der Waals surface area contributed by atoms with Gasteiger partial charge in [0.25, 0.3) is 5.91 Å². The first-order valence-corrected chi connectivity index (χ1v) is 6.79. The number of benzene rings is 1. The van der Waals surface area contributed by atoms with Crippen LogP contribution in [0.2, 0.25) is 10.2 Å². The van der Waals surface area contributed by atoms with Crippen molar-refractivity contribution in [2.24, 2.45) is 5.10 Å². The molecule has 8 heteroatoms. The Balaban J connectivity index is 2.12. The van der Waals surface area contributed by atoms with E-state index in [2.05, 4.69) is 15.5 Å². The van der Waals surface area contributed by atoms with Crippen LogP contribution in [0.4, 0.5) is 0 Å². The van der Waals surface area contributed by atoms with E-state index >= 15 is 0 Å². The van der Waals surface area contributed by atoms with Crippen molar-refractivity contribution in [1.82, 2.24) is 10.4 Å². The minimum Gasteiger partial charge on any atom is -0.503 e. The van der Waals surface area contributed by atoms with Crippen LogP contribution in [0.15, 0.2) is 35.6 Å². The van der Waals surface area contributed by atoms with Gasteiger partial charge in [0.05, 0.1) is 23.9 Å². The van der Waals surface area contributed by atoms with E-state index in [-0.39, 0.29) is 27.2 Å². The maximum atomic E-state index is 11.9. The molecule has 1 aromatic carbocycles. The molecule has 0 radical (unpaired) electrons. The molecule has 2 rings (SSSR count). The monoisotopic (exact) mass is 339 g/mol. The third-order valence-electron chi connectivity index (χ3n) is 2.65. The van der Waals surface area contributed by atoms with Crippen LogP contribution in [0.1, 0.15) is 15.9 Å². The van der Waals surface area contributed by atoms with E-state index in [4.69, 9.17) is 27.9 Å². The standard InChI is InChI=1S/C14H11Cl2N3O3/c1-22-11-6-8(5-10(15)12(11)20)7-18-19-14(21)9-3-2-4-17-13(9)16/h2-7,20H,1H3,(H,19,21)/b18-7+. The summed E-state index contributed by atoms with van der Waals surface area (Å²) in [5, 5.41) is 13.6. The van der Waals surface area contributed by atoms with Gasteiger partial charge in [0.15, 0.2) is 11.5 Å². The van der Waals surface area contributed by atoms with Crippen molar-refractivity contribution in [3.8, 4) is 11.5 Å². The van der Waals surface area contributed by atoms with E-state index in [1.807, 2.05) is 0 Å². The summed E-state index contributed by atoms with van der Waals surface area (Å²) in [5.41, 5.74) is 3.07. The lowest BCUT2D eigenvalue weighted by Crippen LogP contribution is -2.18. The topological polar surface area (TPSA) is 83.8 Å². The average molecular weight is 340 g/mol. The third-order valence-corrected chi connectivity index (χ3v) is 3.24. The number of rotatable bonds is 4. The number of hydrogen-bond donors (Lipinski definition) is 2. The van der Waals surface area contributed by atoms with Crippen molar-refractivity contribution in [3.63, 3.8) is 0 Å². The smallest absolute Gasteiger partial charge is 0.274 e. The fourth-order valence-electron chi connectivity index (χ4n) is 1.60. The van der Waals surface area contributed by atoms with E-state index in [9.17, 15) is 9.90 Å². The molecule has 1 heterocycles. The molecule has 22 heavy (non-hydrogen) atoms. The number of aromatic hydroxyl groups is 1. The molecule has 2 N–H and O–H groups in total. The fraction of sp³-hybridized carbons (Fsp3) is 0.0714. The van der Waals surface area contributed by atoms with Gasteiger partial charge in [-0.2, -0.15) is 5.10 Å². The van der Waals surface area contributed by atoms with E-state index in [0.717, 1.165) is 0 Å². The van der Waals surface area contributed by atoms with Gasteiger partial charge in [-0.15, -0.1) is 0 Å². The molecule has 1 amide bonds. The minimum absolute atomic E-state index is 0.0875. The Morgan fingerprint density at radius 3 is 2.91 bits per heavy atom. The Morgan fingerprint density at radius 2 is 2.23 bits per heavy atom.